The first-order valence-electron chi connectivity index (χ1n) is 6.32. The van der Waals surface area contributed by atoms with Crippen molar-refractivity contribution in [2.75, 3.05) is 6.54 Å². The van der Waals surface area contributed by atoms with E-state index in [0.717, 1.165) is 31.6 Å². The van der Waals surface area contributed by atoms with Gasteiger partial charge in [-0.1, -0.05) is 20.3 Å². The molecule has 1 aromatic rings. The standard InChI is InChI=1S/C12H22N4O/c1-3-5-10(8-13)11(17)7-12-14-9-15-16(12)6-4-2/h9-10H,3-8,13H2,1-2H3. The zero-order valence-electron chi connectivity index (χ0n) is 10.7. The largest absolute Gasteiger partial charge is 0.330 e. The molecule has 0 saturated carbocycles. The molecule has 0 fully saturated rings. The molecule has 0 saturated heterocycles. The maximum Gasteiger partial charge on any atom is 0.144 e. The number of carbonyl (C=O) groups is 1. The quantitative estimate of drug-likeness (QED) is 0.738. The van der Waals surface area contributed by atoms with Gasteiger partial charge in [0.2, 0.25) is 0 Å². The molecule has 1 heterocycles. The Morgan fingerprint density at radius 3 is 2.82 bits per heavy atom. The second kappa shape index (κ2) is 7.17. The molecule has 0 bridgehead atoms. The fourth-order valence-electron chi connectivity index (χ4n) is 1.88. The van der Waals surface area contributed by atoms with E-state index < -0.39 is 0 Å². The third-order valence-electron chi connectivity index (χ3n) is 2.84. The van der Waals surface area contributed by atoms with Crippen molar-refractivity contribution in [3.8, 4) is 0 Å². The van der Waals surface area contributed by atoms with Crippen molar-refractivity contribution in [3.05, 3.63) is 12.2 Å². The number of Topliss-reactive ketones (excluding diaryl/α,β-unsaturated/α-hetero) is 1. The number of nitrogens with zero attached hydrogens (tertiary/aromatic N) is 3. The molecule has 2 N–H and O–H groups in total. The van der Waals surface area contributed by atoms with Crippen molar-refractivity contribution in [2.24, 2.45) is 11.7 Å². The molecule has 0 amide bonds. The molecule has 1 unspecified atom stereocenters. The lowest BCUT2D eigenvalue weighted by Gasteiger charge is -2.12. The molecule has 0 aliphatic rings. The summed E-state index contributed by atoms with van der Waals surface area (Å²) in [4.78, 5) is 16.2. The Hall–Kier alpha value is -1.23. The van der Waals surface area contributed by atoms with Crippen LogP contribution < -0.4 is 5.73 Å². The Balaban J connectivity index is 2.62. The third kappa shape index (κ3) is 3.93. The van der Waals surface area contributed by atoms with E-state index in [1.54, 1.807) is 4.68 Å². The van der Waals surface area contributed by atoms with Crippen LogP contribution >= 0.6 is 0 Å². The van der Waals surface area contributed by atoms with E-state index in [0.29, 0.717) is 13.0 Å². The SMILES string of the molecule is CCCC(CN)C(=O)Cc1ncnn1CCC. The average molecular weight is 238 g/mol. The van der Waals surface area contributed by atoms with Gasteiger partial charge in [0.05, 0.1) is 6.42 Å². The molecule has 0 aromatic carbocycles. The highest BCUT2D eigenvalue weighted by Crippen LogP contribution is 2.09. The van der Waals surface area contributed by atoms with Crippen LogP contribution in [-0.2, 0) is 17.8 Å². The van der Waals surface area contributed by atoms with Crippen LogP contribution in [0.1, 0.15) is 38.9 Å². The van der Waals surface area contributed by atoms with Gasteiger partial charge in [0.15, 0.2) is 0 Å². The first-order chi connectivity index (χ1) is 8.22. The van der Waals surface area contributed by atoms with E-state index in [-0.39, 0.29) is 11.7 Å². The van der Waals surface area contributed by atoms with Crippen molar-refractivity contribution in [2.45, 2.75) is 46.1 Å². The topological polar surface area (TPSA) is 73.8 Å². The smallest absolute Gasteiger partial charge is 0.144 e. The predicted molar refractivity (Wildman–Crippen MR) is 66.5 cm³/mol. The van der Waals surface area contributed by atoms with Gasteiger partial charge >= 0.3 is 0 Å². The van der Waals surface area contributed by atoms with Crippen LogP contribution in [0.3, 0.4) is 0 Å². The highest BCUT2D eigenvalue weighted by molar-refractivity contribution is 5.82. The minimum Gasteiger partial charge on any atom is -0.330 e. The van der Waals surface area contributed by atoms with Gasteiger partial charge in [-0.3, -0.25) is 4.79 Å². The number of aryl methyl sites for hydroxylation is 1. The zero-order valence-corrected chi connectivity index (χ0v) is 10.7. The maximum absolute atomic E-state index is 12.0. The monoisotopic (exact) mass is 238 g/mol. The molecular weight excluding hydrogens is 216 g/mol. The summed E-state index contributed by atoms with van der Waals surface area (Å²) in [5.41, 5.74) is 5.62. The van der Waals surface area contributed by atoms with Crippen LogP contribution in [0.15, 0.2) is 6.33 Å². The number of nitrogens with two attached hydrogens (primary N) is 1. The van der Waals surface area contributed by atoms with E-state index in [4.69, 9.17) is 5.73 Å². The van der Waals surface area contributed by atoms with Crippen LogP contribution in [0.25, 0.3) is 0 Å². The van der Waals surface area contributed by atoms with Crippen molar-refractivity contribution < 1.29 is 4.79 Å². The number of aromatic nitrogens is 3. The van der Waals surface area contributed by atoms with Crippen LogP contribution in [0.4, 0.5) is 0 Å². The van der Waals surface area contributed by atoms with Crippen LogP contribution in [0.5, 0.6) is 0 Å². The number of ketones is 1. The highest BCUT2D eigenvalue weighted by atomic mass is 16.1. The van der Waals surface area contributed by atoms with Crippen molar-refractivity contribution in [1.29, 1.82) is 0 Å². The fourth-order valence-corrected chi connectivity index (χ4v) is 1.88. The Bertz CT molecular complexity index is 348. The molecule has 5 nitrogen and oxygen atoms in total. The van der Waals surface area contributed by atoms with Gasteiger partial charge in [0.1, 0.15) is 17.9 Å². The van der Waals surface area contributed by atoms with E-state index in [2.05, 4.69) is 23.9 Å². The van der Waals surface area contributed by atoms with E-state index in [9.17, 15) is 4.79 Å². The Morgan fingerprint density at radius 2 is 2.24 bits per heavy atom. The summed E-state index contributed by atoms with van der Waals surface area (Å²) in [5, 5.41) is 4.11. The Labute approximate surface area is 102 Å². The molecule has 5 heteroatoms. The second-order valence-corrected chi connectivity index (χ2v) is 4.26. The number of rotatable bonds is 8. The molecule has 0 radical (unpaired) electrons. The molecule has 17 heavy (non-hydrogen) atoms. The third-order valence-corrected chi connectivity index (χ3v) is 2.84. The van der Waals surface area contributed by atoms with Gasteiger partial charge in [-0.25, -0.2) is 9.67 Å². The van der Waals surface area contributed by atoms with Gasteiger partial charge in [-0.15, -0.1) is 0 Å². The van der Waals surface area contributed by atoms with Crippen LogP contribution in [0.2, 0.25) is 0 Å². The van der Waals surface area contributed by atoms with Crippen molar-refractivity contribution in [3.63, 3.8) is 0 Å². The minimum absolute atomic E-state index is 0.0354. The van der Waals surface area contributed by atoms with Crippen molar-refractivity contribution in [1.82, 2.24) is 14.8 Å². The molecular formula is C12H22N4O. The first-order valence-corrected chi connectivity index (χ1v) is 6.32. The average Bonchev–Trinajstić information content (AvgIpc) is 2.74. The van der Waals surface area contributed by atoms with Crippen molar-refractivity contribution >= 4 is 5.78 Å². The molecule has 0 aliphatic carbocycles. The molecule has 1 aromatic heterocycles. The maximum atomic E-state index is 12.0. The molecule has 0 spiro atoms. The molecule has 0 aliphatic heterocycles. The number of carbonyl (C=O) groups excluding carboxylic acids is 1. The number of hydrogen-bond donors (Lipinski definition) is 1. The molecule has 96 valence electrons. The lowest BCUT2D eigenvalue weighted by molar-refractivity contribution is -0.122. The first kappa shape index (κ1) is 13.8. The summed E-state index contributed by atoms with van der Waals surface area (Å²) in [6, 6.07) is 0. The lowest BCUT2D eigenvalue weighted by atomic mass is 9.96. The Morgan fingerprint density at radius 1 is 1.47 bits per heavy atom. The second-order valence-electron chi connectivity index (χ2n) is 4.26. The van der Waals surface area contributed by atoms with Gasteiger partial charge in [0.25, 0.3) is 0 Å². The number of hydrogen-bond acceptors (Lipinski definition) is 4. The molecule has 1 rings (SSSR count). The highest BCUT2D eigenvalue weighted by Gasteiger charge is 2.18. The summed E-state index contributed by atoms with van der Waals surface area (Å²) in [5.74, 6) is 0.901. The summed E-state index contributed by atoms with van der Waals surface area (Å²) in [6.07, 6.45) is 4.68. The summed E-state index contributed by atoms with van der Waals surface area (Å²) in [7, 11) is 0. The van der Waals surface area contributed by atoms with Crippen LogP contribution in [0, 0.1) is 5.92 Å². The van der Waals surface area contributed by atoms with Gasteiger partial charge in [-0.05, 0) is 12.8 Å². The van der Waals surface area contributed by atoms with Gasteiger partial charge < -0.3 is 5.73 Å². The zero-order chi connectivity index (χ0) is 12.7. The lowest BCUT2D eigenvalue weighted by Crippen LogP contribution is -2.26. The van der Waals surface area contributed by atoms with E-state index in [1.807, 2.05) is 0 Å². The van der Waals surface area contributed by atoms with E-state index in [1.165, 1.54) is 6.33 Å². The Kier molecular flexibility index (Phi) is 5.83. The van der Waals surface area contributed by atoms with Crippen LogP contribution in [-0.4, -0.2) is 27.1 Å². The summed E-state index contributed by atoms with van der Waals surface area (Å²) < 4.78 is 1.80. The fraction of sp³-hybridized carbons (Fsp3) is 0.750. The summed E-state index contributed by atoms with van der Waals surface area (Å²) >= 11 is 0. The normalized spacial score (nSPS) is 12.6. The minimum atomic E-state index is -0.0354. The van der Waals surface area contributed by atoms with Gasteiger partial charge in [0, 0.05) is 19.0 Å². The predicted octanol–water partition coefficient (Wildman–Crippen LogP) is 1.17. The molecule has 1 atom stereocenters. The summed E-state index contributed by atoms with van der Waals surface area (Å²) in [6.45, 7) is 5.38. The van der Waals surface area contributed by atoms with E-state index >= 15 is 0 Å². The van der Waals surface area contributed by atoms with Gasteiger partial charge in [-0.2, -0.15) is 5.10 Å².